The minimum Gasteiger partial charge on any atom is -0.397 e. The summed E-state index contributed by atoms with van der Waals surface area (Å²) in [5, 5.41) is 2.71. The van der Waals surface area contributed by atoms with Gasteiger partial charge in [0, 0.05) is 16.7 Å². The topological polar surface area (TPSA) is 55.1 Å². The Morgan fingerprint density at radius 1 is 1.25 bits per heavy atom. The SMILES string of the molecule is Cc1ccc(Cl)cc1C(=O)Nc1c(N)cc(F)cc1F. The van der Waals surface area contributed by atoms with E-state index in [1.54, 1.807) is 19.1 Å². The van der Waals surface area contributed by atoms with Gasteiger partial charge in [0.1, 0.15) is 11.5 Å². The molecule has 0 saturated carbocycles. The van der Waals surface area contributed by atoms with Crippen molar-refractivity contribution in [1.82, 2.24) is 0 Å². The monoisotopic (exact) mass is 296 g/mol. The van der Waals surface area contributed by atoms with Crippen LogP contribution in [0.25, 0.3) is 0 Å². The van der Waals surface area contributed by atoms with Gasteiger partial charge in [0.2, 0.25) is 0 Å². The van der Waals surface area contributed by atoms with Gasteiger partial charge in [-0.1, -0.05) is 17.7 Å². The van der Waals surface area contributed by atoms with E-state index in [0.29, 0.717) is 22.2 Å². The van der Waals surface area contributed by atoms with E-state index in [2.05, 4.69) is 5.32 Å². The maximum absolute atomic E-state index is 13.6. The van der Waals surface area contributed by atoms with Gasteiger partial charge in [-0.05, 0) is 30.7 Å². The third-order valence-corrected chi connectivity index (χ3v) is 3.00. The molecule has 0 aliphatic carbocycles. The standard InChI is InChI=1S/C14H11ClF2N2O/c1-7-2-3-8(15)4-10(7)14(20)19-13-11(17)5-9(16)6-12(13)18/h2-6H,18H2,1H3,(H,19,20). The van der Waals surface area contributed by atoms with E-state index in [0.717, 1.165) is 6.07 Å². The van der Waals surface area contributed by atoms with Crippen molar-refractivity contribution in [1.29, 1.82) is 0 Å². The van der Waals surface area contributed by atoms with Crippen molar-refractivity contribution >= 4 is 28.9 Å². The van der Waals surface area contributed by atoms with Gasteiger partial charge in [0.05, 0.1) is 5.69 Å². The number of nitrogen functional groups attached to an aromatic ring is 1. The van der Waals surface area contributed by atoms with Crippen molar-refractivity contribution in [3.63, 3.8) is 0 Å². The van der Waals surface area contributed by atoms with Crippen LogP contribution in [0.1, 0.15) is 15.9 Å². The summed E-state index contributed by atoms with van der Waals surface area (Å²) in [4.78, 5) is 12.1. The molecule has 0 aliphatic heterocycles. The molecule has 1 amide bonds. The number of hydrogen-bond acceptors (Lipinski definition) is 2. The van der Waals surface area contributed by atoms with E-state index >= 15 is 0 Å². The predicted octanol–water partition coefficient (Wildman–Crippen LogP) is 3.76. The molecule has 0 fully saturated rings. The maximum Gasteiger partial charge on any atom is 0.256 e. The van der Waals surface area contributed by atoms with Gasteiger partial charge in [0.15, 0.2) is 5.82 Å². The van der Waals surface area contributed by atoms with E-state index < -0.39 is 17.5 Å². The zero-order valence-corrected chi connectivity index (χ0v) is 11.3. The highest BCUT2D eigenvalue weighted by Gasteiger charge is 2.15. The van der Waals surface area contributed by atoms with Crippen LogP contribution in [0.2, 0.25) is 5.02 Å². The number of carbonyl (C=O) groups excluding carboxylic acids is 1. The average Bonchev–Trinajstić information content (AvgIpc) is 2.36. The lowest BCUT2D eigenvalue weighted by Gasteiger charge is -2.11. The van der Waals surface area contributed by atoms with Crippen molar-refractivity contribution in [3.05, 3.63) is 58.1 Å². The molecule has 0 radical (unpaired) electrons. The molecule has 0 heterocycles. The first-order valence-electron chi connectivity index (χ1n) is 5.70. The molecular weight excluding hydrogens is 286 g/mol. The van der Waals surface area contributed by atoms with Crippen molar-refractivity contribution in [2.24, 2.45) is 0 Å². The van der Waals surface area contributed by atoms with E-state index in [9.17, 15) is 13.6 Å². The van der Waals surface area contributed by atoms with Gasteiger partial charge in [-0.2, -0.15) is 0 Å². The average molecular weight is 297 g/mol. The summed E-state index contributed by atoms with van der Waals surface area (Å²) in [6.45, 7) is 1.72. The predicted molar refractivity (Wildman–Crippen MR) is 74.9 cm³/mol. The first-order valence-corrected chi connectivity index (χ1v) is 6.08. The normalized spacial score (nSPS) is 10.4. The van der Waals surface area contributed by atoms with E-state index in [1.165, 1.54) is 6.07 Å². The Bertz CT molecular complexity index is 666. The number of benzene rings is 2. The Labute approximate surface area is 119 Å². The Balaban J connectivity index is 2.35. The smallest absolute Gasteiger partial charge is 0.256 e. The zero-order valence-electron chi connectivity index (χ0n) is 10.5. The summed E-state index contributed by atoms with van der Waals surface area (Å²) in [7, 11) is 0. The summed E-state index contributed by atoms with van der Waals surface area (Å²) in [5.74, 6) is -2.31. The van der Waals surface area contributed by atoms with Gasteiger partial charge in [-0.3, -0.25) is 4.79 Å². The Hall–Kier alpha value is -2.14. The van der Waals surface area contributed by atoms with Gasteiger partial charge >= 0.3 is 0 Å². The number of nitrogens with one attached hydrogen (secondary N) is 1. The fourth-order valence-electron chi connectivity index (χ4n) is 1.75. The highest BCUT2D eigenvalue weighted by atomic mass is 35.5. The molecule has 0 aromatic heterocycles. The second-order valence-electron chi connectivity index (χ2n) is 4.27. The van der Waals surface area contributed by atoms with Crippen LogP contribution in [-0.4, -0.2) is 5.91 Å². The summed E-state index contributed by atoms with van der Waals surface area (Å²) < 4.78 is 26.5. The molecule has 0 atom stereocenters. The molecule has 6 heteroatoms. The third-order valence-electron chi connectivity index (χ3n) is 2.77. The number of rotatable bonds is 2. The first kappa shape index (κ1) is 14.3. The van der Waals surface area contributed by atoms with E-state index in [4.69, 9.17) is 17.3 Å². The van der Waals surface area contributed by atoms with Crippen molar-refractivity contribution in [2.75, 3.05) is 11.1 Å². The first-order chi connectivity index (χ1) is 9.38. The van der Waals surface area contributed by atoms with Crippen molar-refractivity contribution in [3.8, 4) is 0 Å². The van der Waals surface area contributed by atoms with Gasteiger partial charge < -0.3 is 11.1 Å². The molecule has 3 N–H and O–H groups in total. The number of aryl methyl sites for hydroxylation is 1. The van der Waals surface area contributed by atoms with Crippen LogP contribution in [0.5, 0.6) is 0 Å². The lowest BCUT2D eigenvalue weighted by molar-refractivity contribution is 0.102. The maximum atomic E-state index is 13.6. The molecule has 0 spiro atoms. The fourth-order valence-corrected chi connectivity index (χ4v) is 1.92. The second-order valence-corrected chi connectivity index (χ2v) is 4.70. The van der Waals surface area contributed by atoms with Gasteiger partial charge in [0.25, 0.3) is 5.91 Å². The molecule has 2 aromatic carbocycles. The van der Waals surface area contributed by atoms with E-state index in [1.807, 2.05) is 0 Å². The van der Waals surface area contributed by atoms with Crippen molar-refractivity contribution < 1.29 is 13.6 Å². The van der Waals surface area contributed by atoms with Crippen LogP contribution in [-0.2, 0) is 0 Å². The molecule has 0 saturated heterocycles. The second kappa shape index (κ2) is 5.46. The van der Waals surface area contributed by atoms with Gasteiger partial charge in [-0.25, -0.2) is 8.78 Å². The molecule has 20 heavy (non-hydrogen) atoms. The fraction of sp³-hybridized carbons (Fsp3) is 0.0714. The zero-order chi connectivity index (χ0) is 14.9. The summed E-state index contributed by atoms with van der Waals surface area (Å²) in [5.41, 5.74) is 6.02. The molecule has 2 rings (SSSR count). The molecule has 2 aromatic rings. The summed E-state index contributed by atoms with van der Waals surface area (Å²) in [6, 6.07) is 6.35. The van der Waals surface area contributed by atoms with Crippen LogP contribution >= 0.6 is 11.6 Å². The number of anilines is 2. The number of nitrogens with two attached hydrogens (primary N) is 1. The number of halogens is 3. The van der Waals surface area contributed by atoms with Crippen LogP contribution in [0.4, 0.5) is 20.2 Å². The molecule has 104 valence electrons. The molecule has 0 unspecified atom stereocenters. The Morgan fingerprint density at radius 2 is 1.95 bits per heavy atom. The minimum absolute atomic E-state index is 0.185. The number of carbonyl (C=O) groups is 1. The van der Waals surface area contributed by atoms with E-state index in [-0.39, 0.29) is 11.4 Å². The summed E-state index contributed by atoms with van der Waals surface area (Å²) >= 11 is 5.82. The third kappa shape index (κ3) is 2.88. The molecule has 0 aliphatic rings. The number of amides is 1. The Kier molecular flexibility index (Phi) is 3.90. The molecule has 0 bridgehead atoms. The highest BCUT2D eigenvalue weighted by Crippen LogP contribution is 2.25. The summed E-state index contributed by atoms with van der Waals surface area (Å²) in [6.07, 6.45) is 0. The number of hydrogen-bond donors (Lipinski definition) is 2. The van der Waals surface area contributed by atoms with Crippen LogP contribution in [0.3, 0.4) is 0 Å². The van der Waals surface area contributed by atoms with Crippen LogP contribution in [0, 0.1) is 18.6 Å². The lowest BCUT2D eigenvalue weighted by Crippen LogP contribution is -2.16. The van der Waals surface area contributed by atoms with Crippen LogP contribution in [0.15, 0.2) is 30.3 Å². The lowest BCUT2D eigenvalue weighted by atomic mass is 10.1. The highest BCUT2D eigenvalue weighted by molar-refractivity contribution is 6.31. The molecular formula is C14H11ClF2N2O. The largest absolute Gasteiger partial charge is 0.397 e. The molecule has 3 nitrogen and oxygen atoms in total. The van der Waals surface area contributed by atoms with Crippen molar-refractivity contribution in [2.45, 2.75) is 6.92 Å². The minimum atomic E-state index is -0.935. The van der Waals surface area contributed by atoms with Crippen LogP contribution < -0.4 is 11.1 Å². The van der Waals surface area contributed by atoms with Gasteiger partial charge in [-0.15, -0.1) is 0 Å². The Morgan fingerprint density at radius 3 is 2.60 bits per heavy atom. The quantitative estimate of drug-likeness (QED) is 0.829.